The highest BCUT2D eigenvalue weighted by atomic mass is 19.1. The normalized spacial score (nSPS) is 24.3. The number of hydrogen-bond donors (Lipinski definition) is 0. The van der Waals surface area contributed by atoms with Crippen LogP contribution < -0.4 is 0 Å². The smallest absolute Gasteiger partial charge is 0.200 e. The van der Waals surface area contributed by atoms with E-state index in [4.69, 9.17) is 0 Å². The molecule has 0 saturated carbocycles. The van der Waals surface area contributed by atoms with Gasteiger partial charge in [0.15, 0.2) is 5.67 Å². The van der Waals surface area contributed by atoms with Crippen LogP contribution in [0.2, 0.25) is 0 Å². The standard InChI is InChI=1S/C13H15FO/c1-2-3-8-13(14)9-10-6-4-5-7-11(10)12(13)15/h4-7H,2-3,8-9H2,1H3. The van der Waals surface area contributed by atoms with Crippen molar-refractivity contribution in [3.8, 4) is 0 Å². The van der Waals surface area contributed by atoms with Gasteiger partial charge in [0, 0.05) is 12.0 Å². The summed E-state index contributed by atoms with van der Waals surface area (Å²) in [5.41, 5.74) is -0.183. The van der Waals surface area contributed by atoms with Gasteiger partial charge in [-0.15, -0.1) is 0 Å². The van der Waals surface area contributed by atoms with Crippen molar-refractivity contribution in [2.45, 2.75) is 38.3 Å². The number of alkyl halides is 1. The van der Waals surface area contributed by atoms with Gasteiger partial charge >= 0.3 is 0 Å². The van der Waals surface area contributed by atoms with Crippen LogP contribution in [0.4, 0.5) is 4.39 Å². The summed E-state index contributed by atoms with van der Waals surface area (Å²) in [7, 11) is 0. The van der Waals surface area contributed by atoms with Crippen molar-refractivity contribution < 1.29 is 9.18 Å². The highest BCUT2D eigenvalue weighted by Crippen LogP contribution is 2.36. The predicted molar refractivity (Wildman–Crippen MR) is 57.8 cm³/mol. The van der Waals surface area contributed by atoms with E-state index in [9.17, 15) is 9.18 Å². The number of fused-ring (bicyclic) bond motifs is 1. The lowest BCUT2D eigenvalue weighted by Crippen LogP contribution is -2.30. The first kappa shape index (κ1) is 10.3. The number of ketones is 1. The topological polar surface area (TPSA) is 17.1 Å². The Hall–Kier alpha value is -1.18. The number of rotatable bonds is 3. The first-order valence-electron chi connectivity index (χ1n) is 5.49. The predicted octanol–water partition coefficient (Wildman–Crippen LogP) is 3.32. The number of benzene rings is 1. The van der Waals surface area contributed by atoms with Crippen LogP contribution in [0.1, 0.15) is 42.1 Å². The van der Waals surface area contributed by atoms with E-state index in [2.05, 4.69) is 0 Å². The molecule has 1 nitrogen and oxygen atoms in total. The molecule has 1 unspecified atom stereocenters. The summed E-state index contributed by atoms with van der Waals surface area (Å²) in [5, 5.41) is 0. The molecule has 0 aromatic heterocycles. The summed E-state index contributed by atoms with van der Waals surface area (Å²) in [4.78, 5) is 11.8. The summed E-state index contributed by atoms with van der Waals surface area (Å²) in [5.74, 6) is -0.313. The Labute approximate surface area is 89.3 Å². The van der Waals surface area contributed by atoms with Gasteiger partial charge in [-0.25, -0.2) is 4.39 Å². The van der Waals surface area contributed by atoms with E-state index in [1.54, 1.807) is 12.1 Å². The van der Waals surface area contributed by atoms with Gasteiger partial charge in [0.1, 0.15) is 0 Å². The van der Waals surface area contributed by atoms with E-state index in [0.29, 0.717) is 12.0 Å². The van der Waals surface area contributed by atoms with E-state index in [1.165, 1.54) is 0 Å². The lowest BCUT2D eigenvalue weighted by Gasteiger charge is -2.16. The zero-order valence-corrected chi connectivity index (χ0v) is 8.92. The highest BCUT2D eigenvalue weighted by molar-refractivity contribution is 6.06. The quantitative estimate of drug-likeness (QED) is 0.741. The van der Waals surface area contributed by atoms with Gasteiger partial charge in [-0.1, -0.05) is 44.0 Å². The monoisotopic (exact) mass is 206 g/mol. The molecule has 15 heavy (non-hydrogen) atoms. The third-order valence-corrected chi connectivity index (χ3v) is 3.07. The van der Waals surface area contributed by atoms with Gasteiger partial charge in [-0.3, -0.25) is 4.79 Å². The largest absolute Gasteiger partial charge is 0.291 e. The second-order valence-electron chi connectivity index (χ2n) is 4.23. The van der Waals surface area contributed by atoms with Crippen molar-refractivity contribution in [3.63, 3.8) is 0 Å². The van der Waals surface area contributed by atoms with E-state index >= 15 is 0 Å². The number of unbranched alkanes of at least 4 members (excludes halogenated alkanes) is 1. The molecule has 1 aromatic carbocycles. The number of carbonyl (C=O) groups is 1. The second kappa shape index (κ2) is 3.76. The molecule has 0 N–H and O–H groups in total. The molecule has 0 bridgehead atoms. The SMILES string of the molecule is CCCCC1(F)Cc2ccccc2C1=O. The van der Waals surface area contributed by atoms with Gasteiger partial charge in [0.25, 0.3) is 0 Å². The van der Waals surface area contributed by atoms with Gasteiger partial charge in [0.05, 0.1) is 0 Å². The maximum Gasteiger partial charge on any atom is 0.200 e. The maximum atomic E-state index is 14.3. The van der Waals surface area contributed by atoms with E-state index in [-0.39, 0.29) is 12.2 Å². The molecule has 1 atom stereocenters. The van der Waals surface area contributed by atoms with Crippen molar-refractivity contribution in [2.75, 3.05) is 0 Å². The zero-order valence-electron chi connectivity index (χ0n) is 8.92. The molecule has 80 valence electrons. The number of halogens is 1. The molecule has 1 aliphatic rings. The van der Waals surface area contributed by atoms with Crippen LogP contribution in [-0.4, -0.2) is 11.5 Å². The molecule has 0 heterocycles. The van der Waals surface area contributed by atoms with Gasteiger partial charge < -0.3 is 0 Å². The Morgan fingerprint density at radius 1 is 1.40 bits per heavy atom. The van der Waals surface area contributed by atoms with Crippen LogP contribution in [0, 0.1) is 0 Å². The van der Waals surface area contributed by atoms with E-state index in [1.807, 2.05) is 19.1 Å². The van der Waals surface area contributed by atoms with Gasteiger partial charge in [-0.2, -0.15) is 0 Å². The minimum Gasteiger partial charge on any atom is -0.291 e. The van der Waals surface area contributed by atoms with Gasteiger partial charge in [0.2, 0.25) is 5.78 Å². The third kappa shape index (κ3) is 1.69. The van der Waals surface area contributed by atoms with E-state index < -0.39 is 5.67 Å². The number of carbonyl (C=O) groups excluding carboxylic acids is 1. The van der Waals surface area contributed by atoms with Crippen molar-refractivity contribution in [1.82, 2.24) is 0 Å². The minimum absolute atomic E-state index is 0.266. The summed E-state index contributed by atoms with van der Waals surface area (Å²) in [6.45, 7) is 2.01. The first-order chi connectivity index (χ1) is 7.17. The van der Waals surface area contributed by atoms with Crippen LogP contribution in [0.3, 0.4) is 0 Å². The molecule has 0 amide bonds. The molecule has 2 rings (SSSR count). The summed E-state index contributed by atoms with van der Waals surface area (Å²) in [6, 6.07) is 7.23. The molecule has 2 heteroatoms. The van der Waals surface area contributed by atoms with Crippen LogP contribution in [0.25, 0.3) is 0 Å². The van der Waals surface area contributed by atoms with Crippen LogP contribution >= 0.6 is 0 Å². The Kier molecular flexibility index (Phi) is 2.59. The van der Waals surface area contributed by atoms with Crippen molar-refractivity contribution in [1.29, 1.82) is 0 Å². The van der Waals surface area contributed by atoms with Crippen LogP contribution in [-0.2, 0) is 6.42 Å². The van der Waals surface area contributed by atoms with Crippen molar-refractivity contribution in [3.05, 3.63) is 35.4 Å². The average molecular weight is 206 g/mol. The second-order valence-corrected chi connectivity index (χ2v) is 4.23. The third-order valence-electron chi connectivity index (χ3n) is 3.07. The van der Waals surface area contributed by atoms with Crippen molar-refractivity contribution in [2.24, 2.45) is 0 Å². The van der Waals surface area contributed by atoms with Crippen LogP contribution in [0.5, 0.6) is 0 Å². The lowest BCUT2D eigenvalue weighted by molar-refractivity contribution is 0.0693. The van der Waals surface area contributed by atoms with Crippen molar-refractivity contribution >= 4 is 5.78 Å². The molecule has 0 radical (unpaired) electrons. The number of hydrogen-bond acceptors (Lipinski definition) is 1. The summed E-state index contributed by atoms with van der Waals surface area (Å²) in [6.07, 6.45) is 2.32. The molecule has 0 saturated heterocycles. The average Bonchev–Trinajstić information content (AvgIpc) is 2.50. The Bertz CT molecular complexity index is 386. The summed E-state index contributed by atoms with van der Waals surface area (Å²) < 4.78 is 14.3. The van der Waals surface area contributed by atoms with Gasteiger partial charge in [-0.05, 0) is 12.0 Å². The molecule has 0 spiro atoms. The maximum absolute atomic E-state index is 14.3. The number of Topliss-reactive ketones (excluding diaryl/α,β-unsaturated/α-hetero) is 1. The molecular weight excluding hydrogens is 191 g/mol. The first-order valence-corrected chi connectivity index (χ1v) is 5.49. The lowest BCUT2D eigenvalue weighted by atomic mass is 9.94. The summed E-state index contributed by atoms with van der Waals surface area (Å²) >= 11 is 0. The Morgan fingerprint density at radius 2 is 2.13 bits per heavy atom. The zero-order chi connectivity index (χ0) is 10.9. The molecule has 1 aliphatic carbocycles. The minimum atomic E-state index is -1.63. The Morgan fingerprint density at radius 3 is 2.80 bits per heavy atom. The highest BCUT2D eigenvalue weighted by Gasteiger charge is 2.44. The molecule has 0 aliphatic heterocycles. The molecule has 1 aromatic rings. The molecule has 0 fully saturated rings. The fourth-order valence-corrected chi connectivity index (χ4v) is 2.18. The van der Waals surface area contributed by atoms with Crippen LogP contribution in [0.15, 0.2) is 24.3 Å². The fourth-order valence-electron chi connectivity index (χ4n) is 2.18. The Balaban J connectivity index is 2.26. The fraction of sp³-hybridized carbons (Fsp3) is 0.462. The van der Waals surface area contributed by atoms with E-state index in [0.717, 1.165) is 18.4 Å². The molecular formula is C13H15FO.